The minimum Gasteiger partial charge on any atom is -0.490 e. The minimum atomic E-state index is -0.134. The van der Waals surface area contributed by atoms with Crippen molar-refractivity contribution in [3.05, 3.63) is 122 Å². The van der Waals surface area contributed by atoms with Gasteiger partial charge in [0.25, 0.3) is 5.91 Å². The number of carbonyl (C=O) groups is 1. The van der Waals surface area contributed by atoms with E-state index in [1.807, 2.05) is 110 Å². The maximum Gasteiger partial charge on any atom is 0.271 e. The highest BCUT2D eigenvalue weighted by molar-refractivity contribution is 9.10. The fourth-order valence-electron chi connectivity index (χ4n) is 3.93. The van der Waals surface area contributed by atoms with Gasteiger partial charge in [-0.15, -0.1) is 0 Å². The van der Waals surface area contributed by atoms with Crippen LogP contribution in [-0.2, 0) is 11.4 Å². The summed E-state index contributed by atoms with van der Waals surface area (Å²) in [5.41, 5.74) is 3.40. The number of hydrogen-bond donors (Lipinski definition) is 0. The quantitative estimate of drug-likeness (QED) is 0.177. The van der Waals surface area contributed by atoms with Crippen LogP contribution in [0.15, 0.2) is 116 Å². The molecule has 1 aliphatic rings. The molecule has 0 radical (unpaired) electrons. The first-order valence-corrected chi connectivity index (χ1v) is 14.7. The van der Waals surface area contributed by atoms with E-state index < -0.39 is 0 Å². The lowest BCUT2D eigenvalue weighted by atomic mass is 10.1. The Hall–Kier alpha value is -3.33. The third kappa shape index (κ3) is 6.64. The van der Waals surface area contributed by atoms with Gasteiger partial charge in [0, 0.05) is 4.47 Å². The molecule has 0 unspecified atom stereocenters. The van der Waals surface area contributed by atoms with E-state index in [0.717, 1.165) is 31.4 Å². The van der Waals surface area contributed by atoms with Gasteiger partial charge in [-0.3, -0.25) is 9.69 Å². The van der Waals surface area contributed by atoms with Crippen LogP contribution in [0.25, 0.3) is 6.08 Å². The number of benzene rings is 4. The van der Waals surface area contributed by atoms with E-state index in [2.05, 4.69) is 31.9 Å². The van der Waals surface area contributed by atoms with Crippen molar-refractivity contribution in [2.75, 3.05) is 11.5 Å². The molecule has 1 saturated heterocycles. The van der Waals surface area contributed by atoms with Crippen molar-refractivity contribution in [1.82, 2.24) is 0 Å². The van der Waals surface area contributed by atoms with Crippen molar-refractivity contribution in [2.45, 2.75) is 13.5 Å². The molecule has 0 N–H and O–H groups in total. The Morgan fingerprint density at radius 2 is 1.59 bits per heavy atom. The molecule has 4 aromatic rings. The molecule has 196 valence electrons. The van der Waals surface area contributed by atoms with Gasteiger partial charge in [-0.05, 0) is 100 Å². The number of halogens is 2. The zero-order valence-electron chi connectivity index (χ0n) is 21.0. The lowest BCUT2D eigenvalue weighted by Crippen LogP contribution is -2.28. The summed E-state index contributed by atoms with van der Waals surface area (Å²) in [4.78, 5) is 20.6. The number of para-hydroxylation sites is 2. The van der Waals surface area contributed by atoms with Gasteiger partial charge in [-0.2, -0.15) is 0 Å². The highest BCUT2D eigenvalue weighted by atomic mass is 79.9. The van der Waals surface area contributed by atoms with E-state index in [9.17, 15) is 4.79 Å². The van der Waals surface area contributed by atoms with Gasteiger partial charge < -0.3 is 9.47 Å². The number of amidine groups is 1. The molecule has 0 aromatic heterocycles. The number of hydrogen-bond acceptors (Lipinski definition) is 5. The molecule has 0 aliphatic carbocycles. The van der Waals surface area contributed by atoms with E-state index in [-0.39, 0.29) is 5.91 Å². The topological polar surface area (TPSA) is 51.1 Å². The van der Waals surface area contributed by atoms with Gasteiger partial charge in [0.15, 0.2) is 16.7 Å². The van der Waals surface area contributed by atoms with Crippen molar-refractivity contribution >= 4 is 72.1 Å². The third-order valence-electron chi connectivity index (χ3n) is 5.73. The van der Waals surface area contributed by atoms with Crippen LogP contribution < -0.4 is 14.4 Å². The molecule has 5 nitrogen and oxygen atoms in total. The smallest absolute Gasteiger partial charge is 0.271 e. The summed E-state index contributed by atoms with van der Waals surface area (Å²) in [6, 6.07) is 31.0. The van der Waals surface area contributed by atoms with Gasteiger partial charge in [0.1, 0.15) is 6.61 Å². The monoisotopic (exact) mass is 662 g/mol. The van der Waals surface area contributed by atoms with Gasteiger partial charge in [-0.25, -0.2) is 4.99 Å². The van der Waals surface area contributed by atoms with Crippen LogP contribution in [0.1, 0.15) is 18.1 Å². The molecule has 5 rings (SSSR count). The molecular formula is C31H24Br2N2O3S. The maximum atomic E-state index is 13.6. The molecule has 39 heavy (non-hydrogen) atoms. The van der Waals surface area contributed by atoms with Gasteiger partial charge >= 0.3 is 0 Å². The summed E-state index contributed by atoms with van der Waals surface area (Å²) in [5.74, 6) is 1.08. The number of ether oxygens (including phenoxy) is 2. The van der Waals surface area contributed by atoms with Crippen LogP contribution in [0.3, 0.4) is 0 Å². The van der Waals surface area contributed by atoms with Crippen LogP contribution in [0.2, 0.25) is 0 Å². The molecule has 1 amide bonds. The molecular weight excluding hydrogens is 640 g/mol. The number of carbonyl (C=O) groups excluding carboxylic acids is 1. The first-order chi connectivity index (χ1) is 19.0. The number of nitrogens with zero attached hydrogens (tertiary/aromatic N) is 2. The summed E-state index contributed by atoms with van der Waals surface area (Å²) in [7, 11) is 0. The lowest BCUT2D eigenvalue weighted by molar-refractivity contribution is -0.113. The Balaban J connectivity index is 1.47. The average molecular weight is 664 g/mol. The molecule has 0 saturated carbocycles. The van der Waals surface area contributed by atoms with E-state index in [4.69, 9.17) is 14.5 Å². The highest BCUT2D eigenvalue weighted by Gasteiger charge is 2.34. The molecule has 1 aliphatic heterocycles. The molecule has 0 atom stereocenters. The summed E-state index contributed by atoms with van der Waals surface area (Å²) in [6.07, 6.45) is 1.86. The van der Waals surface area contributed by atoms with Crippen LogP contribution in [0, 0.1) is 0 Å². The van der Waals surface area contributed by atoms with E-state index in [0.29, 0.717) is 34.8 Å². The summed E-state index contributed by atoms with van der Waals surface area (Å²) in [5, 5.41) is 0.599. The second-order valence-electron chi connectivity index (χ2n) is 8.49. The SMILES string of the molecule is CCOc1cc(/C=C2\SC(=Nc3ccccc3)N(c3ccccc3)C2=O)cc(Br)c1OCc1ccc(Br)cc1. The Bertz CT molecular complexity index is 1530. The maximum absolute atomic E-state index is 13.6. The van der Waals surface area contributed by atoms with Crippen molar-refractivity contribution < 1.29 is 14.3 Å². The molecule has 0 spiro atoms. The predicted octanol–water partition coefficient (Wildman–Crippen LogP) is 9.00. The second-order valence-corrected chi connectivity index (χ2v) is 11.3. The molecule has 1 fully saturated rings. The van der Waals surface area contributed by atoms with Crippen LogP contribution in [0.5, 0.6) is 11.5 Å². The van der Waals surface area contributed by atoms with E-state index in [1.165, 1.54) is 11.8 Å². The van der Waals surface area contributed by atoms with Crippen molar-refractivity contribution in [3.8, 4) is 11.5 Å². The first-order valence-electron chi connectivity index (χ1n) is 12.3. The van der Waals surface area contributed by atoms with Crippen molar-refractivity contribution in [1.29, 1.82) is 0 Å². The Kier molecular flexibility index (Phi) is 8.86. The zero-order valence-corrected chi connectivity index (χ0v) is 25.0. The molecule has 8 heteroatoms. The number of aliphatic imine (C=N–C) groups is 1. The van der Waals surface area contributed by atoms with Crippen LogP contribution in [-0.4, -0.2) is 17.7 Å². The number of amides is 1. The molecule has 0 bridgehead atoms. The normalized spacial score (nSPS) is 15.3. The van der Waals surface area contributed by atoms with Gasteiger partial charge in [-0.1, -0.05) is 64.5 Å². The number of rotatable bonds is 8. The largest absolute Gasteiger partial charge is 0.490 e. The summed E-state index contributed by atoms with van der Waals surface area (Å²) in [6.45, 7) is 2.80. The molecule has 1 heterocycles. The second kappa shape index (κ2) is 12.7. The van der Waals surface area contributed by atoms with Gasteiger partial charge in [0.2, 0.25) is 0 Å². The minimum absolute atomic E-state index is 0.134. The highest BCUT2D eigenvalue weighted by Crippen LogP contribution is 2.41. The molecule has 4 aromatic carbocycles. The average Bonchev–Trinajstić information content (AvgIpc) is 3.24. The van der Waals surface area contributed by atoms with Crippen molar-refractivity contribution in [3.63, 3.8) is 0 Å². The van der Waals surface area contributed by atoms with Crippen LogP contribution >= 0.6 is 43.6 Å². The lowest BCUT2D eigenvalue weighted by Gasteiger charge is -2.15. The number of anilines is 1. The fourth-order valence-corrected chi connectivity index (χ4v) is 5.77. The first kappa shape index (κ1) is 27.2. The zero-order chi connectivity index (χ0) is 27.2. The number of thioether (sulfide) groups is 1. The Morgan fingerprint density at radius 1 is 0.897 bits per heavy atom. The van der Waals surface area contributed by atoms with E-state index in [1.54, 1.807) is 4.90 Å². The predicted molar refractivity (Wildman–Crippen MR) is 167 cm³/mol. The summed E-state index contributed by atoms with van der Waals surface area (Å²) >= 11 is 8.46. The standard InChI is InChI=1S/C31H24Br2N2O3S/c1-2-37-27-18-22(17-26(33)29(27)38-20-21-13-15-23(32)16-14-21)19-28-30(36)35(25-11-7-4-8-12-25)31(39-28)34-24-9-5-3-6-10-24/h3-19H,2,20H2,1H3/b28-19-,34-31?. The van der Waals surface area contributed by atoms with Gasteiger partial charge in [0.05, 0.1) is 27.4 Å². The van der Waals surface area contributed by atoms with Crippen molar-refractivity contribution in [2.24, 2.45) is 4.99 Å². The fraction of sp³-hybridized carbons (Fsp3) is 0.0968. The Labute approximate surface area is 248 Å². The van der Waals surface area contributed by atoms with E-state index >= 15 is 0 Å². The summed E-state index contributed by atoms with van der Waals surface area (Å²) < 4.78 is 13.8. The Morgan fingerprint density at radius 3 is 2.28 bits per heavy atom. The third-order valence-corrected chi connectivity index (χ3v) is 7.81. The van der Waals surface area contributed by atoms with Crippen LogP contribution in [0.4, 0.5) is 11.4 Å².